The highest BCUT2D eigenvalue weighted by atomic mass is 79.9. The number of hydrazone groups is 1. The molecule has 1 aromatic heterocycles. The number of nitrogens with one attached hydrogen (secondary N) is 2. The van der Waals surface area contributed by atoms with Crippen LogP contribution in [0.15, 0.2) is 50.4 Å². The lowest BCUT2D eigenvalue weighted by Crippen LogP contribution is -2.16. The lowest BCUT2D eigenvalue weighted by Gasteiger charge is -2.13. The Kier molecular flexibility index (Phi) is 7.06. The average Bonchev–Trinajstić information content (AvgIpc) is 2.75. The normalized spacial score (nSPS) is 10.9. The van der Waals surface area contributed by atoms with E-state index in [4.69, 9.17) is 0 Å². The van der Waals surface area contributed by atoms with E-state index in [0.717, 1.165) is 5.56 Å². The monoisotopic (exact) mass is 535 g/mol. The molecule has 0 spiro atoms. The maximum atomic E-state index is 10.1. The van der Waals surface area contributed by atoms with Crippen LogP contribution in [0.4, 0.5) is 17.8 Å². The smallest absolute Gasteiger partial charge is 0.250 e. The van der Waals surface area contributed by atoms with Crippen molar-refractivity contribution in [3.63, 3.8) is 0 Å². The van der Waals surface area contributed by atoms with Gasteiger partial charge >= 0.3 is 0 Å². The summed E-state index contributed by atoms with van der Waals surface area (Å²) in [6.45, 7) is 0.559. The van der Waals surface area contributed by atoms with Crippen molar-refractivity contribution < 1.29 is 10.2 Å². The summed E-state index contributed by atoms with van der Waals surface area (Å²) >= 11 is 6.35. The highest BCUT2D eigenvalue weighted by molar-refractivity contribution is 9.11. The molecule has 156 valence electrons. The Bertz CT molecular complexity index is 1060. The molecule has 4 N–H and O–H groups in total. The van der Waals surface area contributed by atoms with Gasteiger partial charge in [-0.15, -0.1) is 0 Å². The number of aromatic hydroxyl groups is 2. The Labute approximate surface area is 190 Å². The number of phenolic OH excluding ortho intramolecular Hbond substituents is 2. The first-order valence-corrected chi connectivity index (χ1v) is 10.3. The molecule has 0 fully saturated rings. The maximum absolute atomic E-state index is 10.1. The summed E-state index contributed by atoms with van der Waals surface area (Å²) in [5, 5.41) is 27.2. The van der Waals surface area contributed by atoms with E-state index in [2.05, 4.69) is 62.7 Å². The van der Waals surface area contributed by atoms with Crippen molar-refractivity contribution in [3.8, 4) is 11.5 Å². The topological polar surface area (TPSA) is 119 Å². The third kappa shape index (κ3) is 5.36. The van der Waals surface area contributed by atoms with Crippen molar-refractivity contribution in [3.05, 3.63) is 56.5 Å². The van der Waals surface area contributed by atoms with Gasteiger partial charge in [-0.3, -0.25) is 0 Å². The minimum Gasteiger partial charge on any atom is -0.506 e. The molecule has 9 nitrogen and oxygen atoms in total. The third-order valence-electron chi connectivity index (χ3n) is 3.88. The predicted molar refractivity (Wildman–Crippen MR) is 124 cm³/mol. The van der Waals surface area contributed by atoms with Gasteiger partial charge in [0.25, 0.3) is 0 Å². The largest absolute Gasteiger partial charge is 0.506 e. The van der Waals surface area contributed by atoms with Crippen LogP contribution in [0.25, 0.3) is 0 Å². The number of halogens is 2. The first kappa shape index (κ1) is 21.8. The van der Waals surface area contributed by atoms with Crippen LogP contribution in [0.3, 0.4) is 0 Å². The highest BCUT2D eigenvalue weighted by Crippen LogP contribution is 2.40. The minimum absolute atomic E-state index is 0.0974. The molecule has 3 rings (SSSR count). The first-order valence-electron chi connectivity index (χ1n) is 8.75. The second kappa shape index (κ2) is 9.72. The van der Waals surface area contributed by atoms with Gasteiger partial charge in [-0.1, -0.05) is 30.3 Å². The van der Waals surface area contributed by atoms with Crippen molar-refractivity contribution in [2.75, 3.05) is 29.7 Å². The third-order valence-corrected chi connectivity index (χ3v) is 5.24. The quantitative estimate of drug-likeness (QED) is 0.265. The Morgan fingerprint density at radius 3 is 2.43 bits per heavy atom. The number of hydrogen-bond donors (Lipinski definition) is 4. The van der Waals surface area contributed by atoms with Crippen molar-refractivity contribution in [1.82, 2.24) is 15.0 Å². The maximum Gasteiger partial charge on any atom is 0.250 e. The number of nitrogens with zero attached hydrogens (tertiary/aromatic N) is 5. The summed E-state index contributed by atoms with van der Waals surface area (Å²) in [7, 11) is 3.65. The Morgan fingerprint density at radius 2 is 1.73 bits per heavy atom. The number of anilines is 3. The molecule has 11 heteroatoms. The lowest BCUT2D eigenvalue weighted by atomic mass is 10.2. The summed E-state index contributed by atoms with van der Waals surface area (Å²) in [6, 6.07) is 11.4. The SMILES string of the molecule is CN(C)c1nc(NCc2ccccc2)nc(NN=Cc2cc(Br)c(O)c(Br)c2O)n1. The summed E-state index contributed by atoms with van der Waals surface area (Å²) in [6.07, 6.45) is 1.39. The molecule has 0 aliphatic rings. The standard InChI is InChI=1S/C19H19Br2N7O2/c1-28(2)19-25-17(22-9-11-6-4-3-5-7-11)24-18(26-19)27-23-10-12-8-13(20)16(30)14(21)15(12)29/h3-8,10,29-30H,9H2,1-2H3,(H2,22,24,25,26,27). The summed E-state index contributed by atoms with van der Waals surface area (Å²) in [5.74, 6) is 0.845. The van der Waals surface area contributed by atoms with Crippen LogP contribution in [-0.4, -0.2) is 45.5 Å². The van der Waals surface area contributed by atoms with Gasteiger partial charge in [0.15, 0.2) is 0 Å². The van der Waals surface area contributed by atoms with Gasteiger partial charge < -0.3 is 20.4 Å². The molecule has 0 saturated carbocycles. The van der Waals surface area contributed by atoms with E-state index >= 15 is 0 Å². The van der Waals surface area contributed by atoms with Gasteiger partial charge in [-0.25, -0.2) is 5.43 Å². The molecule has 0 aliphatic carbocycles. The van der Waals surface area contributed by atoms with Crippen LogP contribution in [0.2, 0.25) is 0 Å². The number of aromatic nitrogens is 3. The van der Waals surface area contributed by atoms with Gasteiger partial charge in [0, 0.05) is 26.2 Å². The fourth-order valence-electron chi connectivity index (χ4n) is 2.35. The molecule has 0 saturated heterocycles. The Balaban J connectivity index is 1.78. The molecule has 0 aliphatic heterocycles. The van der Waals surface area contributed by atoms with E-state index in [0.29, 0.717) is 28.5 Å². The first-order chi connectivity index (χ1) is 14.3. The van der Waals surface area contributed by atoms with Crippen molar-refractivity contribution in [1.29, 1.82) is 0 Å². The van der Waals surface area contributed by atoms with Gasteiger partial charge in [0.2, 0.25) is 17.8 Å². The zero-order valence-electron chi connectivity index (χ0n) is 16.1. The predicted octanol–water partition coefficient (Wildman–Crippen LogP) is 3.93. The molecular weight excluding hydrogens is 518 g/mol. The second-order valence-electron chi connectivity index (χ2n) is 6.35. The van der Waals surface area contributed by atoms with Gasteiger partial charge in [0.05, 0.1) is 10.7 Å². The molecule has 0 unspecified atom stereocenters. The molecular formula is C19H19Br2N7O2. The summed E-state index contributed by atoms with van der Waals surface area (Å²) in [5.41, 5.74) is 4.22. The van der Waals surface area contributed by atoms with Gasteiger partial charge in [-0.2, -0.15) is 20.1 Å². The van der Waals surface area contributed by atoms with E-state index < -0.39 is 0 Å². The van der Waals surface area contributed by atoms with E-state index in [1.807, 2.05) is 44.4 Å². The number of rotatable bonds is 7. The van der Waals surface area contributed by atoms with Crippen LogP contribution >= 0.6 is 31.9 Å². The Morgan fingerprint density at radius 1 is 1.03 bits per heavy atom. The number of phenols is 2. The van der Waals surface area contributed by atoms with Gasteiger partial charge in [0.1, 0.15) is 16.0 Å². The molecule has 0 radical (unpaired) electrons. The molecule has 0 atom stereocenters. The van der Waals surface area contributed by atoms with Crippen molar-refractivity contribution in [2.45, 2.75) is 6.54 Å². The van der Waals surface area contributed by atoms with Crippen LogP contribution in [-0.2, 0) is 6.54 Å². The number of benzene rings is 2. The molecule has 0 bridgehead atoms. The zero-order valence-corrected chi connectivity index (χ0v) is 19.3. The zero-order chi connectivity index (χ0) is 21.7. The van der Waals surface area contributed by atoms with Gasteiger partial charge in [-0.05, 0) is 43.5 Å². The highest BCUT2D eigenvalue weighted by Gasteiger charge is 2.13. The molecule has 3 aromatic rings. The molecule has 30 heavy (non-hydrogen) atoms. The molecule has 1 heterocycles. The minimum atomic E-state index is -0.143. The van der Waals surface area contributed by atoms with E-state index in [9.17, 15) is 10.2 Å². The summed E-state index contributed by atoms with van der Waals surface area (Å²) in [4.78, 5) is 14.8. The average molecular weight is 537 g/mol. The second-order valence-corrected chi connectivity index (χ2v) is 7.99. The fraction of sp³-hybridized carbons (Fsp3) is 0.158. The van der Waals surface area contributed by atoms with E-state index in [1.165, 1.54) is 12.3 Å². The van der Waals surface area contributed by atoms with Crippen molar-refractivity contribution in [2.24, 2.45) is 5.10 Å². The van der Waals surface area contributed by atoms with Crippen LogP contribution in [0, 0.1) is 0 Å². The van der Waals surface area contributed by atoms with E-state index in [-0.39, 0.29) is 21.9 Å². The van der Waals surface area contributed by atoms with Crippen LogP contribution in [0.5, 0.6) is 11.5 Å². The number of hydrogen-bond acceptors (Lipinski definition) is 9. The Hall–Kier alpha value is -2.92. The lowest BCUT2D eigenvalue weighted by molar-refractivity contribution is 0.442. The van der Waals surface area contributed by atoms with Crippen LogP contribution < -0.4 is 15.6 Å². The van der Waals surface area contributed by atoms with Crippen molar-refractivity contribution >= 4 is 55.9 Å². The van der Waals surface area contributed by atoms with E-state index in [1.54, 1.807) is 4.90 Å². The molecule has 2 aromatic carbocycles. The van der Waals surface area contributed by atoms with Crippen LogP contribution in [0.1, 0.15) is 11.1 Å². The fourth-order valence-corrected chi connectivity index (χ4v) is 3.50. The summed E-state index contributed by atoms with van der Waals surface area (Å²) < 4.78 is 0.580. The molecule has 0 amide bonds.